The molecule has 0 atom stereocenters. The van der Waals surface area contributed by atoms with Crippen molar-refractivity contribution >= 4 is 29.3 Å². The normalized spacial score (nSPS) is 10.4. The molecule has 0 saturated heterocycles. The monoisotopic (exact) mass is 233 g/mol. The third-order valence-corrected chi connectivity index (χ3v) is 2.42. The van der Waals surface area contributed by atoms with Crippen LogP contribution in [-0.4, -0.2) is 33.1 Å². The van der Waals surface area contributed by atoms with Crippen molar-refractivity contribution in [1.29, 1.82) is 0 Å². The number of hydrogen-bond acceptors (Lipinski definition) is 3. The summed E-state index contributed by atoms with van der Waals surface area (Å²) in [6, 6.07) is 3.89. The molecule has 6 nitrogen and oxygen atoms in total. The van der Waals surface area contributed by atoms with Gasteiger partial charge >= 0.3 is 12.1 Å². The number of aldehydes is 1. The quantitative estimate of drug-likeness (QED) is 0.769. The minimum absolute atomic E-state index is 0.124. The second kappa shape index (κ2) is 3.75. The molecule has 2 aromatic rings. The number of carbonyl (C=O) groups is 3. The lowest BCUT2D eigenvalue weighted by molar-refractivity contribution is 0.0697. The number of aromatic nitrogens is 1. The molecule has 1 aromatic carbocycles. The van der Waals surface area contributed by atoms with Crippen LogP contribution < -0.4 is 0 Å². The molecular weight excluding hydrogens is 226 g/mol. The number of carbonyl (C=O) groups excluding carboxylic acids is 1. The molecule has 0 amide bonds. The Kier molecular flexibility index (Phi) is 2.40. The van der Waals surface area contributed by atoms with Gasteiger partial charge in [0.05, 0.1) is 11.1 Å². The average molecular weight is 233 g/mol. The molecule has 1 heterocycles. The number of rotatable bonds is 2. The first-order valence-electron chi connectivity index (χ1n) is 4.61. The predicted molar refractivity (Wildman–Crippen MR) is 57.7 cm³/mol. The van der Waals surface area contributed by atoms with Gasteiger partial charge in [0.15, 0.2) is 6.29 Å². The minimum atomic E-state index is -1.24. The van der Waals surface area contributed by atoms with Crippen LogP contribution in [0, 0.1) is 0 Å². The third kappa shape index (κ3) is 1.65. The lowest BCUT2D eigenvalue weighted by Crippen LogP contribution is -2.07. The number of carboxylic acid groups (broad SMARTS) is 2. The molecule has 1 aromatic heterocycles. The Balaban J connectivity index is 2.85. The zero-order valence-electron chi connectivity index (χ0n) is 8.45. The van der Waals surface area contributed by atoms with E-state index in [4.69, 9.17) is 10.2 Å². The van der Waals surface area contributed by atoms with Crippen LogP contribution in [0.15, 0.2) is 24.4 Å². The molecule has 0 unspecified atom stereocenters. The first-order chi connectivity index (χ1) is 8.04. The van der Waals surface area contributed by atoms with Crippen molar-refractivity contribution in [1.82, 2.24) is 4.57 Å². The van der Waals surface area contributed by atoms with Gasteiger partial charge in [-0.1, -0.05) is 0 Å². The van der Waals surface area contributed by atoms with Gasteiger partial charge in [-0.2, -0.15) is 0 Å². The van der Waals surface area contributed by atoms with Crippen molar-refractivity contribution in [2.45, 2.75) is 0 Å². The Labute approximate surface area is 94.7 Å². The van der Waals surface area contributed by atoms with Crippen molar-refractivity contribution in [3.8, 4) is 0 Å². The molecule has 0 bridgehead atoms. The highest BCUT2D eigenvalue weighted by Crippen LogP contribution is 2.21. The van der Waals surface area contributed by atoms with Crippen molar-refractivity contribution < 1.29 is 24.6 Å². The molecule has 0 aliphatic heterocycles. The van der Waals surface area contributed by atoms with Crippen LogP contribution in [0.3, 0.4) is 0 Å². The fourth-order valence-corrected chi connectivity index (χ4v) is 1.66. The number of carboxylic acids is 1. The van der Waals surface area contributed by atoms with Crippen LogP contribution >= 0.6 is 0 Å². The zero-order valence-corrected chi connectivity index (χ0v) is 8.45. The molecule has 0 saturated carbocycles. The fourth-order valence-electron chi connectivity index (χ4n) is 1.66. The maximum absolute atomic E-state index is 10.9. The van der Waals surface area contributed by atoms with Gasteiger partial charge in [0.25, 0.3) is 0 Å². The molecule has 17 heavy (non-hydrogen) atoms. The second-order valence-corrected chi connectivity index (χ2v) is 3.39. The summed E-state index contributed by atoms with van der Waals surface area (Å²) >= 11 is 0. The van der Waals surface area contributed by atoms with Gasteiger partial charge in [-0.3, -0.25) is 9.36 Å². The van der Waals surface area contributed by atoms with E-state index < -0.39 is 12.1 Å². The smallest absolute Gasteiger partial charge is 0.415 e. The number of aromatic carboxylic acids is 1. The van der Waals surface area contributed by atoms with E-state index in [-0.39, 0.29) is 16.6 Å². The Morgan fingerprint density at radius 2 is 1.94 bits per heavy atom. The first kappa shape index (κ1) is 10.9. The Morgan fingerprint density at radius 1 is 1.24 bits per heavy atom. The zero-order chi connectivity index (χ0) is 12.6. The van der Waals surface area contributed by atoms with E-state index in [1.807, 2.05) is 0 Å². The molecule has 2 N–H and O–H groups in total. The summed E-state index contributed by atoms with van der Waals surface area (Å²) in [5, 5.41) is 18.2. The first-order valence-corrected chi connectivity index (χ1v) is 4.61. The van der Waals surface area contributed by atoms with E-state index in [9.17, 15) is 14.4 Å². The summed E-state index contributed by atoms with van der Waals surface area (Å²) in [5.41, 5.74) is 0.209. The molecule has 0 fully saturated rings. The molecule has 0 aliphatic carbocycles. The van der Waals surface area contributed by atoms with Crippen molar-refractivity contribution in [3.63, 3.8) is 0 Å². The molecular formula is C11H7NO5. The summed E-state index contributed by atoms with van der Waals surface area (Å²) in [4.78, 5) is 32.6. The van der Waals surface area contributed by atoms with Gasteiger partial charge < -0.3 is 10.2 Å². The van der Waals surface area contributed by atoms with Gasteiger partial charge in [-0.05, 0) is 18.2 Å². The molecule has 0 aliphatic rings. The maximum atomic E-state index is 10.9. The summed E-state index contributed by atoms with van der Waals surface area (Å²) < 4.78 is 0.870. The molecule has 0 radical (unpaired) electrons. The van der Waals surface area contributed by atoms with E-state index in [1.54, 1.807) is 0 Å². The van der Waals surface area contributed by atoms with Gasteiger partial charge in [-0.25, -0.2) is 9.59 Å². The second-order valence-electron chi connectivity index (χ2n) is 3.39. The van der Waals surface area contributed by atoms with Crippen LogP contribution in [0.2, 0.25) is 0 Å². The average Bonchev–Trinajstić information content (AvgIpc) is 2.70. The maximum Gasteiger partial charge on any atom is 0.415 e. The van der Waals surface area contributed by atoms with E-state index in [0.717, 1.165) is 4.57 Å². The lowest BCUT2D eigenvalue weighted by Gasteiger charge is -2.02. The van der Waals surface area contributed by atoms with Crippen molar-refractivity contribution in [2.75, 3.05) is 0 Å². The van der Waals surface area contributed by atoms with Crippen LogP contribution in [0.5, 0.6) is 0 Å². The van der Waals surface area contributed by atoms with E-state index in [1.165, 1.54) is 24.4 Å². The number of fused-ring (bicyclic) bond motifs is 1. The molecule has 0 spiro atoms. The van der Waals surface area contributed by atoms with E-state index in [0.29, 0.717) is 11.7 Å². The topological polar surface area (TPSA) is 96.6 Å². The van der Waals surface area contributed by atoms with Crippen molar-refractivity contribution in [2.24, 2.45) is 0 Å². The summed E-state index contributed by atoms with van der Waals surface area (Å²) in [6.07, 6.45) is 0.534. The highest BCUT2D eigenvalue weighted by molar-refractivity contribution is 6.04. The standard InChI is InChI=1S/C11H7NO5/c13-5-7-3-6(10(14)15)4-9-8(7)1-2-12(9)11(16)17/h1-5H,(H,14,15)(H,16,17). The summed E-state index contributed by atoms with van der Waals surface area (Å²) in [6.45, 7) is 0. The minimum Gasteiger partial charge on any atom is -0.478 e. The van der Waals surface area contributed by atoms with Gasteiger partial charge in [0.2, 0.25) is 0 Å². The van der Waals surface area contributed by atoms with E-state index >= 15 is 0 Å². The molecule has 2 rings (SSSR count). The Bertz CT molecular complexity index is 641. The van der Waals surface area contributed by atoms with Crippen LogP contribution in [0.1, 0.15) is 20.7 Å². The van der Waals surface area contributed by atoms with E-state index in [2.05, 4.69) is 0 Å². The molecule has 6 heteroatoms. The summed E-state index contributed by atoms with van der Waals surface area (Å²) in [7, 11) is 0. The SMILES string of the molecule is O=Cc1cc(C(=O)O)cc2c1ccn2C(=O)O. The van der Waals surface area contributed by atoms with Gasteiger partial charge in [-0.15, -0.1) is 0 Å². The predicted octanol–water partition coefficient (Wildman–Crippen LogP) is 1.68. The number of hydrogen-bond donors (Lipinski definition) is 2. The van der Waals surface area contributed by atoms with Crippen LogP contribution in [0.25, 0.3) is 10.9 Å². The third-order valence-electron chi connectivity index (χ3n) is 2.42. The highest BCUT2D eigenvalue weighted by Gasteiger charge is 2.14. The largest absolute Gasteiger partial charge is 0.478 e. The molecule has 86 valence electrons. The van der Waals surface area contributed by atoms with Crippen LogP contribution in [-0.2, 0) is 0 Å². The summed E-state index contributed by atoms with van der Waals surface area (Å²) in [5.74, 6) is -1.21. The lowest BCUT2D eigenvalue weighted by atomic mass is 10.1. The van der Waals surface area contributed by atoms with Crippen LogP contribution in [0.4, 0.5) is 4.79 Å². The number of nitrogens with zero attached hydrogens (tertiary/aromatic N) is 1. The van der Waals surface area contributed by atoms with Crippen molar-refractivity contribution in [3.05, 3.63) is 35.5 Å². The Morgan fingerprint density at radius 3 is 2.47 bits per heavy atom. The highest BCUT2D eigenvalue weighted by atomic mass is 16.4. The Hall–Kier alpha value is -2.63. The van der Waals surface area contributed by atoms with Gasteiger partial charge in [0, 0.05) is 17.1 Å². The fraction of sp³-hybridized carbons (Fsp3) is 0. The van der Waals surface area contributed by atoms with Gasteiger partial charge in [0.1, 0.15) is 0 Å². The number of benzene rings is 1.